The number of carbonyl (C=O) groups is 1. The van der Waals surface area contributed by atoms with Crippen molar-refractivity contribution in [3.8, 4) is 0 Å². The second kappa shape index (κ2) is 4.10. The molecule has 1 amide bonds. The molecule has 0 aliphatic carbocycles. The lowest BCUT2D eigenvalue weighted by molar-refractivity contribution is -0.115. The van der Waals surface area contributed by atoms with Gasteiger partial charge in [0.2, 0.25) is 0 Å². The molecule has 82 valence electrons. The quantitative estimate of drug-likeness (QED) is 0.536. The van der Waals surface area contributed by atoms with Crippen LogP contribution in [0.25, 0.3) is 0 Å². The van der Waals surface area contributed by atoms with E-state index in [4.69, 9.17) is 4.55 Å². The van der Waals surface area contributed by atoms with Gasteiger partial charge in [0.05, 0.1) is 0 Å². The van der Waals surface area contributed by atoms with Gasteiger partial charge in [0.1, 0.15) is 0 Å². The Morgan fingerprint density at radius 1 is 1.36 bits per heavy atom. The highest BCUT2D eigenvalue weighted by Crippen LogP contribution is 2.17. The van der Waals surface area contributed by atoms with Crippen molar-refractivity contribution in [2.24, 2.45) is 5.41 Å². The van der Waals surface area contributed by atoms with Crippen LogP contribution in [0.15, 0.2) is 11.6 Å². The van der Waals surface area contributed by atoms with Crippen molar-refractivity contribution in [2.45, 2.75) is 27.7 Å². The third-order valence-corrected chi connectivity index (χ3v) is 1.67. The molecule has 5 nitrogen and oxygen atoms in total. The maximum atomic E-state index is 11.1. The molecule has 14 heavy (non-hydrogen) atoms. The topological polar surface area (TPSA) is 83.5 Å². The molecule has 0 bridgehead atoms. The summed E-state index contributed by atoms with van der Waals surface area (Å²) in [4.78, 5) is 11.1. The Morgan fingerprint density at radius 3 is 2.07 bits per heavy atom. The van der Waals surface area contributed by atoms with Gasteiger partial charge in [-0.3, -0.25) is 9.35 Å². The number of hydrogen-bond acceptors (Lipinski definition) is 3. The minimum absolute atomic E-state index is 0.222. The fourth-order valence-electron chi connectivity index (χ4n) is 0.913. The number of amides is 1. The Morgan fingerprint density at radius 2 is 1.79 bits per heavy atom. The monoisotopic (exact) mass is 221 g/mol. The summed E-state index contributed by atoms with van der Waals surface area (Å²) in [5, 5.41) is 0. The van der Waals surface area contributed by atoms with E-state index < -0.39 is 16.2 Å². The fraction of sp³-hybridized carbons (Fsp3) is 0.625. The first-order valence-corrected chi connectivity index (χ1v) is 5.44. The minimum Gasteiger partial charge on any atom is -0.269 e. The molecule has 0 rings (SSSR count). The van der Waals surface area contributed by atoms with Crippen LogP contribution in [0.4, 0.5) is 0 Å². The van der Waals surface area contributed by atoms with E-state index in [1.807, 2.05) is 20.8 Å². The van der Waals surface area contributed by atoms with Crippen molar-refractivity contribution < 1.29 is 17.8 Å². The van der Waals surface area contributed by atoms with Gasteiger partial charge in [0.25, 0.3) is 5.91 Å². The van der Waals surface area contributed by atoms with E-state index >= 15 is 0 Å². The zero-order chi connectivity index (χ0) is 11.6. The highest BCUT2D eigenvalue weighted by Gasteiger charge is 2.14. The number of carbonyl (C=O) groups excluding carboxylic acids is 1. The summed E-state index contributed by atoms with van der Waals surface area (Å²) in [6.45, 7) is 7.09. The zero-order valence-electron chi connectivity index (χ0n) is 8.66. The molecule has 0 aromatic carbocycles. The molecule has 0 saturated carbocycles. The van der Waals surface area contributed by atoms with Gasteiger partial charge in [-0.2, -0.15) is 8.42 Å². The molecular formula is C8H15NO4S. The van der Waals surface area contributed by atoms with E-state index in [1.54, 1.807) is 6.08 Å². The van der Waals surface area contributed by atoms with E-state index in [9.17, 15) is 13.2 Å². The summed E-state index contributed by atoms with van der Waals surface area (Å²) in [5.41, 5.74) is 0.0239. The Bertz CT molecular complexity index is 348. The zero-order valence-corrected chi connectivity index (χ0v) is 9.47. The predicted octanol–water partition coefficient (Wildman–Crippen LogP) is 0.898. The van der Waals surface area contributed by atoms with Crippen molar-refractivity contribution in [3.63, 3.8) is 0 Å². The number of nitrogens with one attached hydrogen (secondary N) is 1. The summed E-state index contributed by atoms with van der Waals surface area (Å²) in [7, 11) is -4.46. The molecule has 0 aromatic heterocycles. The molecule has 0 saturated heterocycles. The van der Waals surface area contributed by atoms with Crippen molar-refractivity contribution >= 4 is 16.2 Å². The van der Waals surface area contributed by atoms with E-state index in [2.05, 4.69) is 0 Å². The lowest BCUT2D eigenvalue weighted by Gasteiger charge is -2.13. The SMILES string of the molecule is CC(=CC(C)(C)C)C(=O)NS(=O)(=O)O. The second-order valence-corrected chi connectivity index (χ2v) is 5.25. The van der Waals surface area contributed by atoms with Crippen molar-refractivity contribution in [3.05, 3.63) is 11.6 Å². The van der Waals surface area contributed by atoms with Crippen molar-refractivity contribution in [1.82, 2.24) is 4.72 Å². The van der Waals surface area contributed by atoms with Crippen LogP contribution >= 0.6 is 0 Å². The van der Waals surface area contributed by atoms with E-state index in [0.717, 1.165) is 0 Å². The molecule has 0 radical (unpaired) electrons. The summed E-state index contributed by atoms with van der Waals surface area (Å²) in [6, 6.07) is 0. The largest absolute Gasteiger partial charge is 0.359 e. The predicted molar refractivity (Wildman–Crippen MR) is 52.9 cm³/mol. The van der Waals surface area contributed by atoms with Gasteiger partial charge in [-0.25, -0.2) is 4.72 Å². The smallest absolute Gasteiger partial charge is 0.269 e. The Balaban J connectivity index is 4.66. The van der Waals surface area contributed by atoms with Crippen LogP contribution in [0, 0.1) is 5.41 Å². The van der Waals surface area contributed by atoms with E-state index in [-0.39, 0.29) is 11.0 Å². The van der Waals surface area contributed by atoms with Crippen LogP contribution in [0.3, 0.4) is 0 Å². The summed E-state index contributed by atoms with van der Waals surface area (Å²) in [5.74, 6) is -0.817. The molecule has 2 N–H and O–H groups in total. The molecular weight excluding hydrogens is 206 g/mol. The number of allylic oxidation sites excluding steroid dienone is 1. The van der Waals surface area contributed by atoms with Crippen LogP contribution in [-0.4, -0.2) is 18.9 Å². The highest BCUT2D eigenvalue weighted by atomic mass is 32.2. The third kappa shape index (κ3) is 6.62. The molecule has 0 aliphatic heterocycles. The second-order valence-electron chi connectivity index (χ2n) is 4.10. The van der Waals surface area contributed by atoms with Gasteiger partial charge < -0.3 is 0 Å². The van der Waals surface area contributed by atoms with Crippen LogP contribution < -0.4 is 4.72 Å². The molecule has 0 atom stereocenters. The van der Waals surface area contributed by atoms with Gasteiger partial charge in [-0.05, 0) is 12.3 Å². The molecule has 0 aliphatic rings. The van der Waals surface area contributed by atoms with Gasteiger partial charge in [0.15, 0.2) is 0 Å². The van der Waals surface area contributed by atoms with Crippen molar-refractivity contribution in [1.29, 1.82) is 0 Å². The Hall–Kier alpha value is -0.880. The van der Waals surface area contributed by atoms with E-state index in [0.29, 0.717) is 0 Å². The molecule has 0 unspecified atom stereocenters. The summed E-state index contributed by atoms with van der Waals surface area (Å²) >= 11 is 0. The van der Waals surface area contributed by atoms with Crippen LogP contribution in [-0.2, 0) is 15.1 Å². The first kappa shape index (κ1) is 13.1. The highest BCUT2D eigenvalue weighted by molar-refractivity contribution is 7.84. The Labute approximate surface area is 84.1 Å². The summed E-state index contributed by atoms with van der Waals surface area (Å²) in [6.07, 6.45) is 1.62. The average molecular weight is 221 g/mol. The molecule has 0 spiro atoms. The lowest BCUT2D eigenvalue weighted by Crippen LogP contribution is -2.30. The maximum absolute atomic E-state index is 11.1. The standard InChI is InChI=1S/C8H15NO4S/c1-6(5-8(2,3)4)7(10)9-14(11,12)13/h5H,1-4H3,(H,9,10)(H,11,12,13). The van der Waals surface area contributed by atoms with E-state index in [1.165, 1.54) is 11.6 Å². The van der Waals surface area contributed by atoms with Crippen LogP contribution in [0.1, 0.15) is 27.7 Å². The molecule has 0 aromatic rings. The number of rotatable bonds is 2. The molecule has 0 fully saturated rings. The Kier molecular flexibility index (Phi) is 3.84. The van der Waals surface area contributed by atoms with Gasteiger partial charge in [-0.15, -0.1) is 0 Å². The summed E-state index contributed by atoms with van der Waals surface area (Å²) < 4.78 is 30.4. The van der Waals surface area contributed by atoms with Gasteiger partial charge in [-0.1, -0.05) is 26.8 Å². The average Bonchev–Trinajstić information content (AvgIpc) is 1.78. The fourth-order valence-corrected chi connectivity index (χ4v) is 1.31. The van der Waals surface area contributed by atoms with Crippen LogP contribution in [0.2, 0.25) is 0 Å². The lowest BCUT2D eigenvalue weighted by atomic mass is 9.94. The normalized spacial score (nSPS) is 13.9. The third-order valence-electron chi connectivity index (χ3n) is 1.23. The van der Waals surface area contributed by atoms with Crippen molar-refractivity contribution in [2.75, 3.05) is 0 Å². The molecule has 0 heterocycles. The maximum Gasteiger partial charge on any atom is 0.359 e. The van der Waals surface area contributed by atoms with Gasteiger partial charge in [0, 0.05) is 5.57 Å². The minimum atomic E-state index is -4.46. The number of hydrogen-bond donors (Lipinski definition) is 2. The van der Waals surface area contributed by atoms with Gasteiger partial charge >= 0.3 is 10.3 Å². The van der Waals surface area contributed by atoms with Crippen LogP contribution in [0.5, 0.6) is 0 Å². The molecule has 6 heteroatoms. The first-order chi connectivity index (χ1) is 6.01. The first-order valence-electron chi connectivity index (χ1n) is 4.00.